The molecule has 2 heterocycles. The van der Waals surface area contributed by atoms with Crippen molar-refractivity contribution in [2.24, 2.45) is 0 Å². The van der Waals surface area contributed by atoms with Gasteiger partial charge in [-0.25, -0.2) is 0 Å². The number of piperazine rings is 1. The molecule has 150 valence electrons. The smallest absolute Gasteiger partial charge is 0.247 e. The topological polar surface area (TPSA) is 60.4 Å². The van der Waals surface area contributed by atoms with Gasteiger partial charge in [-0.15, -0.1) is 5.10 Å². The predicted molar refractivity (Wildman–Crippen MR) is 118 cm³/mol. The van der Waals surface area contributed by atoms with Crippen molar-refractivity contribution in [1.29, 1.82) is 0 Å². The number of hydrogen-bond acceptors (Lipinski definition) is 7. The number of nitrogens with zero attached hydrogens (tertiary/aromatic N) is 6. The van der Waals surface area contributed by atoms with Gasteiger partial charge >= 0.3 is 0 Å². The number of benzene rings is 2. The van der Waals surface area contributed by atoms with Crippen molar-refractivity contribution >= 4 is 23.1 Å². The minimum atomic E-state index is 0.591. The molecule has 3 aromatic rings. The number of nitrogens with one attached hydrogen (secondary N) is 1. The number of anilines is 4. The molecule has 2 aromatic carbocycles. The molecule has 7 heteroatoms. The number of likely N-dealkylation sites (N-methyl/N-ethyl adjacent to an activating group) is 1. The second kappa shape index (κ2) is 8.87. The highest BCUT2D eigenvalue weighted by Gasteiger charge is 2.14. The van der Waals surface area contributed by atoms with E-state index >= 15 is 0 Å². The monoisotopic (exact) mass is 389 g/mol. The van der Waals surface area contributed by atoms with Crippen LogP contribution in [0.15, 0.2) is 60.8 Å². The molecule has 1 aliphatic heterocycles. The molecular formula is C22H27N7. The van der Waals surface area contributed by atoms with Gasteiger partial charge in [0.15, 0.2) is 5.82 Å². The van der Waals surface area contributed by atoms with Gasteiger partial charge in [0.25, 0.3) is 0 Å². The summed E-state index contributed by atoms with van der Waals surface area (Å²) in [6.45, 7) is 5.07. The Kier molecular flexibility index (Phi) is 5.86. The summed E-state index contributed by atoms with van der Waals surface area (Å²) in [6, 6.07) is 18.8. The summed E-state index contributed by atoms with van der Waals surface area (Å²) in [6.07, 6.45) is 1.65. The minimum Gasteiger partial charge on any atom is -0.369 e. The average Bonchev–Trinajstić information content (AvgIpc) is 2.76. The molecule has 29 heavy (non-hydrogen) atoms. The lowest BCUT2D eigenvalue weighted by Gasteiger charge is -2.34. The van der Waals surface area contributed by atoms with Crippen molar-refractivity contribution < 1.29 is 0 Å². The Bertz CT molecular complexity index is 906. The van der Waals surface area contributed by atoms with Crippen molar-refractivity contribution in [3.8, 4) is 0 Å². The Balaban J connectivity index is 1.40. The summed E-state index contributed by atoms with van der Waals surface area (Å²) in [7, 11) is 4.14. The van der Waals surface area contributed by atoms with E-state index in [4.69, 9.17) is 0 Å². The first-order valence-corrected chi connectivity index (χ1v) is 9.93. The van der Waals surface area contributed by atoms with E-state index < -0.39 is 0 Å². The highest BCUT2D eigenvalue weighted by atomic mass is 15.3. The number of rotatable bonds is 6. The zero-order chi connectivity index (χ0) is 20.1. The van der Waals surface area contributed by atoms with E-state index in [1.54, 1.807) is 6.20 Å². The minimum absolute atomic E-state index is 0.591. The molecule has 1 aliphatic rings. The Hall–Kier alpha value is -3.19. The van der Waals surface area contributed by atoms with E-state index in [0.717, 1.165) is 38.4 Å². The number of hydrogen-bond donors (Lipinski definition) is 1. The van der Waals surface area contributed by atoms with Gasteiger partial charge in [-0.05, 0) is 36.9 Å². The van der Waals surface area contributed by atoms with Gasteiger partial charge in [-0.3, -0.25) is 0 Å². The predicted octanol–water partition coefficient (Wildman–Crippen LogP) is 3.00. The van der Waals surface area contributed by atoms with Gasteiger partial charge in [0.1, 0.15) is 0 Å². The summed E-state index contributed by atoms with van der Waals surface area (Å²) in [5.74, 6) is 1.27. The molecule has 0 bridgehead atoms. The fourth-order valence-electron chi connectivity index (χ4n) is 3.41. The summed E-state index contributed by atoms with van der Waals surface area (Å²) < 4.78 is 0. The van der Waals surface area contributed by atoms with Gasteiger partial charge in [0.05, 0.1) is 6.20 Å². The van der Waals surface area contributed by atoms with Crippen LogP contribution in [-0.2, 0) is 6.54 Å². The maximum atomic E-state index is 4.61. The Labute approximate surface area is 172 Å². The van der Waals surface area contributed by atoms with E-state index in [0.29, 0.717) is 11.8 Å². The molecule has 1 fully saturated rings. The molecule has 0 spiro atoms. The lowest BCUT2D eigenvalue weighted by atomic mass is 10.2. The van der Waals surface area contributed by atoms with E-state index in [1.165, 1.54) is 11.3 Å². The van der Waals surface area contributed by atoms with Crippen molar-refractivity contribution in [2.45, 2.75) is 6.54 Å². The quantitative estimate of drug-likeness (QED) is 0.695. The maximum absolute atomic E-state index is 4.61. The van der Waals surface area contributed by atoms with Gasteiger partial charge < -0.3 is 20.0 Å². The Morgan fingerprint density at radius 2 is 1.69 bits per heavy atom. The molecule has 4 rings (SSSR count). The molecule has 1 aromatic heterocycles. The van der Waals surface area contributed by atoms with Crippen LogP contribution < -0.4 is 15.1 Å². The van der Waals surface area contributed by atoms with Gasteiger partial charge in [-0.1, -0.05) is 30.3 Å². The zero-order valence-electron chi connectivity index (χ0n) is 17.0. The molecule has 0 saturated carbocycles. The van der Waals surface area contributed by atoms with E-state index in [9.17, 15) is 0 Å². The van der Waals surface area contributed by atoms with Crippen molar-refractivity contribution in [1.82, 2.24) is 20.1 Å². The molecule has 0 amide bonds. The summed E-state index contributed by atoms with van der Waals surface area (Å²) >= 11 is 0. The SMILES string of the molecule is CN1CCN(c2ccc(Nc3cnnc(N(C)Cc4ccccc4)n3)cc2)CC1. The molecular weight excluding hydrogens is 362 g/mol. The molecule has 0 aliphatic carbocycles. The van der Waals surface area contributed by atoms with Crippen molar-refractivity contribution in [3.05, 3.63) is 66.4 Å². The highest BCUT2D eigenvalue weighted by Crippen LogP contribution is 2.22. The Morgan fingerprint density at radius 3 is 2.41 bits per heavy atom. The van der Waals surface area contributed by atoms with Crippen molar-refractivity contribution in [3.63, 3.8) is 0 Å². The maximum Gasteiger partial charge on any atom is 0.247 e. The molecule has 1 N–H and O–H groups in total. The zero-order valence-corrected chi connectivity index (χ0v) is 17.0. The van der Waals surface area contributed by atoms with Crippen LogP contribution in [0.5, 0.6) is 0 Å². The van der Waals surface area contributed by atoms with Crippen LogP contribution in [0.4, 0.5) is 23.1 Å². The van der Waals surface area contributed by atoms with E-state index in [-0.39, 0.29) is 0 Å². The second-order valence-corrected chi connectivity index (χ2v) is 7.45. The standard InChI is InChI=1S/C22H27N7/c1-27-12-14-29(15-13-27)20-10-8-19(9-11-20)24-21-16-23-26-22(25-21)28(2)17-18-6-4-3-5-7-18/h3-11,16H,12-15,17H2,1-2H3,(H,24,25,26). The molecule has 0 radical (unpaired) electrons. The van der Waals surface area contributed by atoms with Crippen LogP contribution in [0, 0.1) is 0 Å². The summed E-state index contributed by atoms with van der Waals surface area (Å²) in [5, 5.41) is 11.6. The van der Waals surface area contributed by atoms with Crippen LogP contribution in [0.25, 0.3) is 0 Å². The average molecular weight is 390 g/mol. The summed E-state index contributed by atoms with van der Waals surface area (Å²) in [4.78, 5) is 11.4. The fourth-order valence-corrected chi connectivity index (χ4v) is 3.41. The third-order valence-corrected chi connectivity index (χ3v) is 5.16. The van der Waals surface area contributed by atoms with Crippen molar-refractivity contribution in [2.75, 3.05) is 55.4 Å². The van der Waals surface area contributed by atoms with Crippen LogP contribution in [-0.4, -0.2) is 60.4 Å². The third kappa shape index (κ3) is 5.00. The first kappa shape index (κ1) is 19.1. The molecule has 0 atom stereocenters. The normalized spacial score (nSPS) is 14.6. The van der Waals surface area contributed by atoms with Crippen LogP contribution in [0.2, 0.25) is 0 Å². The van der Waals surface area contributed by atoms with E-state index in [2.05, 4.69) is 73.7 Å². The van der Waals surface area contributed by atoms with Crippen LogP contribution in [0.3, 0.4) is 0 Å². The largest absolute Gasteiger partial charge is 0.369 e. The van der Waals surface area contributed by atoms with Crippen LogP contribution in [0.1, 0.15) is 5.56 Å². The lowest BCUT2D eigenvalue weighted by molar-refractivity contribution is 0.313. The fraction of sp³-hybridized carbons (Fsp3) is 0.318. The highest BCUT2D eigenvalue weighted by molar-refractivity contribution is 5.61. The first-order valence-electron chi connectivity index (χ1n) is 9.93. The lowest BCUT2D eigenvalue weighted by Crippen LogP contribution is -2.44. The van der Waals surface area contributed by atoms with E-state index in [1.807, 2.05) is 30.1 Å². The third-order valence-electron chi connectivity index (χ3n) is 5.16. The second-order valence-electron chi connectivity index (χ2n) is 7.45. The number of aromatic nitrogens is 3. The molecule has 7 nitrogen and oxygen atoms in total. The van der Waals surface area contributed by atoms with Gasteiger partial charge in [0.2, 0.25) is 5.95 Å². The first-order chi connectivity index (χ1) is 14.2. The van der Waals surface area contributed by atoms with Crippen LogP contribution >= 0.6 is 0 Å². The molecule has 1 saturated heterocycles. The summed E-state index contributed by atoms with van der Waals surface area (Å²) in [5.41, 5.74) is 3.45. The van der Waals surface area contributed by atoms with Gasteiger partial charge in [-0.2, -0.15) is 10.1 Å². The Morgan fingerprint density at radius 1 is 0.966 bits per heavy atom. The van der Waals surface area contributed by atoms with Gasteiger partial charge in [0, 0.05) is 51.1 Å². The molecule has 0 unspecified atom stereocenters.